The number of hydrogen-bond donors (Lipinski definition) is 2. The minimum absolute atomic E-state index is 0.116. The third-order valence-corrected chi connectivity index (χ3v) is 3.81. The van der Waals surface area contributed by atoms with Gasteiger partial charge < -0.3 is 10.4 Å². The Labute approximate surface area is 97.3 Å². The average molecular weight is 242 g/mol. The number of thiophene rings is 1. The summed E-state index contributed by atoms with van der Waals surface area (Å²) in [5.41, 5.74) is 0. The molecule has 2 rings (SSSR count). The van der Waals surface area contributed by atoms with E-state index < -0.39 is 0 Å². The lowest BCUT2D eigenvalue weighted by Gasteiger charge is -2.31. The fourth-order valence-corrected chi connectivity index (χ4v) is 2.62. The summed E-state index contributed by atoms with van der Waals surface area (Å²) in [5, 5.41) is 23.0. The van der Waals surface area contributed by atoms with Crippen molar-refractivity contribution in [3.05, 3.63) is 27.1 Å². The van der Waals surface area contributed by atoms with Crippen molar-refractivity contribution >= 4 is 16.3 Å². The Morgan fingerprint density at radius 3 is 2.88 bits per heavy atom. The maximum absolute atomic E-state index is 10.5. The number of aliphatic hydroxyl groups is 1. The van der Waals surface area contributed by atoms with Crippen molar-refractivity contribution in [2.24, 2.45) is 5.92 Å². The van der Waals surface area contributed by atoms with Crippen LogP contribution in [0.3, 0.4) is 0 Å². The molecule has 1 aliphatic rings. The van der Waals surface area contributed by atoms with Crippen LogP contribution >= 0.6 is 11.3 Å². The van der Waals surface area contributed by atoms with Gasteiger partial charge in [0.15, 0.2) is 0 Å². The van der Waals surface area contributed by atoms with Gasteiger partial charge in [-0.1, -0.05) is 11.3 Å². The fourth-order valence-electron chi connectivity index (χ4n) is 1.83. The summed E-state index contributed by atoms with van der Waals surface area (Å²) in [6.07, 6.45) is 1.63. The Bertz CT molecular complexity index is 374. The molecule has 1 aromatic rings. The van der Waals surface area contributed by atoms with Crippen molar-refractivity contribution < 1.29 is 10.0 Å². The molecule has 0 aliphatic heterocycles. The van der Waals surface area contributed by atoms with Gasteiger partial charge in [0.1, 0.15) is 0 Å². The zero-order chi connectivity index (χ0) is 11.5. The van der Waals surface area contributed by atoms with E-state index in [1.54, 1.807) is 6.07 Å². The van der Waals surface area contributed by atoms with Crippen molar-refractivity contribution in [1.29, 1.82) is 0 Å². The fraction of sp³-hybridized carbons (Fsp3) is 0.600. The van der Waals surface area contributed by atoms with Crippen LogP contribution in [0.5, 0.6) is 0 Å². The van der Waals surface area contributed by atoms with E-state index in [1.807, 2.05) is 0 Å². The van der Waals surface area contributed by atoms with Gasteiger partial charge in [-0.3, -0.25) is 10.1 Å². The van der Waals surface area contributed by atoms with E-state index in [-0.39, 0.29) is 16.0 Å². The molecule has 0 atom stereocenters. The van der Waals surface area contributed by atoms with E-state index >= 15 is 0 Å². The van der Waals surface area contributed by atoms with Crippen molar-refractivity contribution in [3.63, 3.8) is 0 Å². The molecule has 88 valence electrons. The molecule has 6 heteroatoms. The second-order valence-corrected chi connectivity index (χ2v) is 5.27. The van der Waals surface area contributed by atoms with Gasteiger partial charge in [-0.05, 0) is 31.4 Å². The largest absolute Gasteiger partial charge is 0.393 e. The lowest BCUT2D eigenvalue weighted by Crippen LogP contribution is -2.35. The van der Waals surface area contributed by atoms with Crippen molar-refractivity contribution in [3.8, 4) is 0 Å². The first-order chi connectivity index (χ1) is 7.65. The van der Waals surface area contributed by atoms with Crippen LogP contribution in [0.2, 0.25) is 0 Å². The van der Waals surface area contributed by atoms with Crippen LogP contribution in [0, 0.1) is 16.0 Å². The summed E-state index contributed by atoms with van der Waals surface area (Å²) >= 11 is 1.21. The van der Waals surface area contributed by atoms with E-state index in [2.05, 4.69) is 5.32 Å². The first kappa shape index (κ1) is 11.5. The number of nitro groups is 1. The Morgan fingerprint density at radius 1 is 1.56 bits per heavy atom. The smallest absolute Gasteiger partial charge is 0.324 e. The molecule has 0 spiro atoms. The van der Waals surface area contributed by atoms with Crippen LogP contribution in [-0.2, 0) is 6.54 Å². The lowest BCUT2D eigenvalue weighted by molar-refractivity contribution is -0.380. The van der Waals surface area contributed by atoms with Gasteiger partial charge in [0, 0.05) is 17.5 Å². The SMILES string of the molecule is O=[N+]([O-])c1ccc(CNCC2CC(O)C2)s1. The van der Waals surface area contributed by atoms with Crippen molar-refractivity contribution in [1.82, 2.24) is 5.32 Å². The zero-order valence-electron chi connectivity index (χ0n) is 8.76. The zero-order valence-corrected chi connectivity index (χ0v) is 9.57. The molecule has 0 aromatic carbocycles. The van der Waals surface area contributed by atoms with E-state index in [4.69, 9.17) is 5.11 Å². The molecule has 0 saturated heterocycles. The Hall–Kier alpha value is -0.980. The van der Waals surface area contributed by atoms with E-state index in [0.29, 0.717) is 12.5 Å². The minimum atomic E-state index is -0.365. The molecular weight excluding hydrogens is 228 g/mol. The van der Waals surface area contributed by atoms with Crippen LogP contribution in [0.25, 0.3) is 0 Å². The molecule has 1 saturated carbocycles. The van der Waals surface area contributed by atoms with Crippen LogP contribution in [0.15, 0.2) is 12.1 Å². The minimum Gasteiger partial charge on any atom is -0.393 e. The molecule has 16 heavy (non-hydrogen) atoms. The molecule has 1 aliphatic carbocycles. The molecule has 2 N–H and O–H groups in total. The summed E-state index contributed by atoms with van der Waals surface area (Å²) < 4.78 is 0. The summed E-state index contributed by atoms with van der Waals surface area (Å²) in [6, 6.07) is 3.32. The normalized spacial score (nSPS) is 24.1. The summed E-state index contributed by atoms with van der Waals surface area (Å²) in [7, 11) is 0. The number of aliphatic hydroxyl groups excluding tert-OH is 1. The predicted molar refractivity (Wildman–Crippen MR) is 61.4 cm³/mol. The summed E-state index contributed by atoms with van der Waals surface area (Å²) in [4.78, 5) is 11.1. The van der Waals surface area contributed by atoms with E-state index in [9.17, 15) is 10.1 Å². The quantitative estimate of drug-likeness (QED) is 0.606. The lowest BCUT2D eigenvalue weighted by atomic mass is 9.82. The molecule has 0 bridgehead atoms. The Kier molecular flexibility index (Phi) is 3.52. The van der Waals surface area contributed by atoms with Gasteiger partial charge in [0.05, 0.1) is 11.0 Å². The molecular formula is C10H14N2O3S. The van der Waals surface area contributed by atoms with Crippen molar-refractivity contribution in [2.45, 2.75) is 25.5 Å². The molecule has 5 nitrogen and oxygen atoms in total. The Morgan fingerprint density at radius 2 is 2.31 bits per heavy atom. The van der Waals surface area contributed by atoms with Gasteiger partial charge in [-0.2, -0.15) is 0 Å². The van der Waals surface area contributed by atoms with Crippen LogP contribution in [0.4, 0.5) is 5.00 Å². The molecule has 0 amide bonds. The highest BCUT2D eigenvalue weighted by atomic mass is 32.1. The van der Waals surface area contributed by atoms with Crippen molar-refractivity contribution in [2.75, 3.05) is 6.54 Å². The first-order valence-electron chi connectivity index (χ1n) is 5.27. The maximum atomic E-state index is 10.5. The molecule has 1 fully saturated rings. The summed E-state index contributed by atoms with van der Waals surface area (Å²) in [6.45, 7) is 1.55. The molecule has 1 heterocycles. The standard InChI is InChI=1S/C10H14N2O3S/c13-8-3-7(4-8)5-11-6-9-1-2-10(16-9)12(14)15/h1-2,7-8,11,13H,3-6H2. The van der Waals surface area contributed by atoms with Gasteiger partial charge in [-0.25, -0.2) is 0 Å². The second kappa shape index (κ2) is 4.90. The Balaban J connectivity index is 1.70. The van der Waals surface area contributed by atoms with E-state index in [1.165, 1.54) is 17.4 Å². The topological polar surface area (TPSA) is 75.4 Å². The number of rotatable bonds is 5. The molecule has 1 aromatic heterocycles. The van der Waals surface area contributed by atoms with Crippen LogP contribution in [0.1, 0.15) is 17.7 Å². The molecule has 0 unspecified atom stereocenters. The molecule has 0 radical (unpaired) electrons. The number of hydrogen-bond acceptors (Lipinski definition) is 5. The van der Waals surface area contributed by atoms with Gasteiger partial charge in [-0.15, -0.1) is 0 Å². The third-order valence-electron chi connectivity index (χ3n) is 2.77. The third kappa shape index (κ3) is 2.78. The predicted octanol–water partition coefficient (Wildman–Crippen LogP) is 1.52. The highest BCUT2D eigenvalue weighted by Gasteiger charge is 2.26. The van der Waals surface area contributed by atoms with Crippen LogP contribution in [-0.4, -0.2) is 22.7 Å². The second-order valence-electron chi connectivity index (χ2n) is 4.12. The maximum Gasteiger partial charge on any atom is 0.324 e. The number of nitrogens with one attached hydrogen (secondary N) is 1. The van der Waals surface area contributed by atoms with E-state index in [0.717, 1.165) is 24.3 Å². The van der Waals surface area contributed by atoms with Crippen LogP contribution < -0.4 is 5.32 Å². The highest BCUT2D eigenvalue weighted by molar-refractivity contribution is 7.15. The monoisotopic (exact) mass is 242 g/mol. The van der Waals surface area contributed by atoms with Gasteiger partial charge in [0.25, 0.3) is 0 Å². The van der Waals surface area contributed by atoms with Gasteiger partial charge in [0.2, 0.25) is 0 Å². The summed E-state index contributed by atoms with van der Waals surface area (Å²) in [5.74, 6) is 0.560. The first-order valence-corrected chi connectivity index (χ1v) is 6.08. The van der Waals surface area contributed by atoms with Gasteiger partial charge >= 0.3 is 5.00 Å². The highest BCUT2D eigenvalue weighted by Crippen LogP contribution is 2.27. The number of nitrogens with zero attached hydrogens (tertiary/aromatic N) is 1. The average Bonchev–Trinajstić information content (AvgIpc) is 2.63.